The van der Waals surface area contributed by atoms with E-state index in [0.29, 0.717) is 29.3 Å². The number of carboxylic acid groups (broad SMARTS) is 1. The number of hydrogen-bond donors (Lipinski definition) is 2. The summed E-state index contributed by atoms with van der Waals surface area (Å²) in [5.74, 6) is 0.0503. The van der Waals surface area contributed by atoms with Crippen LogP contribution in [0.25, 0.3) is 39.4 Å². The van der Waals surface area contributed by atoms with Gasteiger partial charge in [0.2, 0.25) is 0 Å². The fraction of sp³-hybridized carbons (Fsp3) is 0.278. The van der Waals surface area contributed by atoms with E-state index in [0.717, 1.165) is 63.6 Å². The minimum Gasteiger partial charge on any atom is -0.478 e. The van der Waals surface area contributed by atoms with Gasteiger partial charge in [0.05, 0.1) is 27.4 Å². The van der Waals surface area contributed by atoms with Gasteiger partial charge in [-0.3, -0.25) is 9.78 Å². The Hall–Kier alpha value is -4.69. The number of aromatic nitrogens is 4. The number of halogens is 1. The number of aryl methyl sites for hydroxylation is 2. The molecule has 2 aromatic carbocycles. The van der Waals surface area contributed by atoms with E-state index in [-0.39, 0.29) is 5.91 Å². The second-order valence-corrected chi connectivity index (χ2v) is 12.7. The Balaban J connectivity index is 1.26. The lowest BCUT2D eigenvalue weighted by Gasteiger charge is -2.30. The van der Waals surface area contributed by atoms with Crippen LogP contribution in [0.1, 0.15) is 71.8 Å². The Bertz CT molecular complexity index is 2020. The normalized spacial score (nSPS) is 16.4. The Morgan fingerprint density at radius 3 is 2.49 bits per heavy atom. The number of fused-ring (bicyclic) bond motifs is 2. The Labute approximate surface area is 266 Å². The highest BCUT2D eigenvalue weighted by Gasteiger charge is 2.39. The van der Waals surface area contributed by atoms with Crippen molar-refractivity contribution in [3.63, 3.8) is 0 Å². The second kappa shape index (κ2) is 11.3. The molecule has 1 amide bonds. The van der Waals surface area contributed by atoms with Gasteiger partial charge in [-0.15, -0.1) is 0 Å². The van der Waals surface area contributed by atoms with Gasteiger partial charge >= 0.3 is 5.97 Å². The topological polar surface area (TPSA) is 102 Å². The predicted octanol–water partition coefficient (Wildman–Crippen LogP) is 7.51. The summed E-state index contributed by atoms with van der Waals surface area (Å²) >= 11 is 6.18. The van der Waals surface area contributed by atoms with Crippen LogP contribution in [0.2, 0.25) is 5.02 Å². The highest BCUT2D eigenvalue weighted by atomic mass is 35.5. The molecule has 7 rings (SSSR count). The number of carbonyl (C=O) groups excluding carboxylic acids is 1. The van der Waals surface area contributed by atoms with Gasteiger partial charge < -0.3 is 19.6 Å². The molecule has 0 unspecified atom stereocenters. The molecule has 3 aromatic heterocycles. The number of amides is 1. The molecule has 2 N–H and O–H groups in total. The van der Waals surface area contributed by atoms with Crippen molar-refractivity contribution in [3.05, 3.63) is 100 Å². The van der Waals surface area contributed by atoms with Crippen LogP contribution in [0, 0.1) is 0 Å². The van der Waals surface area contributed by atoms with Gasteiger partial charge in [-0.1, -0.05) is 48.7 Å². The number of pyridine rings is 1. The zero-order chi connectivity index (χ0) is 31.3. The Kier molecular flexibility index (Phi) is 7.32. The summed E-state index contributed by atoms with van der Waals surface area (Å²) in [6, 6.07) is 15.5. The largest absolute Gasteiger partial charge is 0.478 e. The fourth-order valence-corrected chi connectivity index (χ4v) is 7.36. The van der Waals surface area contributed by atoms with Crippen LogP contribution in [0.5, 0.6) is 0 Å². The van der Waals surface area contributed by atoms with Crippen molar-refractivity contribution in [3.8, 4) is 11.4 Å². The van der Waals surface area contributed by atoms with E-state index in [1.165, 1.54) is 18.4 Å². The van der Waals surface area contributed by atoms with Crippen molar-refractivity contribution < 1.29 is 14.7 Å². The van der Waals surface area contributed by atoms with Gasteiger partial charge in [0.1, 0.15) is 11.4 Å². The number of benzene rings is 2. The molecule has 0 spiro atoms. The van der Waals surface area contributed by atoms with Crippen molar-refractivity contribution in [2.45, 2.75) is 50.0 Å². The molecular formula is C36H34ClN5O3. The maximum absolute atomic E-state index is 14.0. The third-order valence-corrected chi connectivity index (χ3v) is 9.66. The highest BCUT2D eigenvalue weighted by Crippen LogP contribution is 2.44. The number of carbonyl (C=O) groups is 2. The number of rotatable bonds is 7. The van der Waals surface area contributed by atoms with Crippen molar-refractivity contribution >= 4 is 51.5 Å². The lowest BCUT2D eigenvalue weighted by Crippen LogP contribution is -2.45. The van der Waals surface area contributed by atoms with E-state index in [4.69, 9.17) is 21.7 Å². The van der Waals surface area contributed by atoms with Gasteiger partial charge in [0.15, 0.2) is 0 Å². The molecule has 0 atom stereocenters. The van der Waals surface area contributed by atoms with Crippen molar-refractivity contribution in [1.29, 1.82) is 0 Å². The molecule has 0 radical (unpaired) electrons. The first-order valence-corrected chi connectivity index (χ1v) is 15.7. The number of nitrogens with zero attached hydrogens (tertiary/aromatic N) is 4. The summed E-state index contributed by atoms with van der Waals surface area (Å²) in [5, 5.41) is 14.2. The Morgan fingerprint density at radius 1 is 1.00 bits per heavy atom. The minimum absolute atomic E-state index is 0.160. The van der Waals surface area contributed by atoms with Crippen LogP contribution in [-0.2, 0) is 24.4 Å². The van der Waals surface area contributed by atoms with Gasteiger partial charge in [-0.05, 0) is 85.2 Å². The standard InChI is InChI=1S/C36H34ClN5O3/c1-41-29-20-24(11-13-26(29)32(23-7-3-4-8-23)33(41)28-15-12-25(37)21-38-28)34(45)40-36(17-5-6-18-36)35-39-27-14-9-22(10-16-31(43)44)19-30(27)42(35)2/h5-6,9-16,19-21,23H,3-4,7-8,17-18H2,1-2H3,(H,40,45)(H,43,44)/b16-10+. The zero-order valence-electron chi connectivity index (χ0n) is 25.3. The molecule has 0 saturated heterocycles. The molecule has 1 fully saturated rings. The van der Waals surface area contributed by atoms with E-state index in [1.54, 1.807) is 12.3 Å². The highest BCUT2D eigenvalue weighted by molar-refractivity contribution is 6.30. The predicted molar refractivity (Wildman–Crippen MR) is 177 cm³/mol. The first kappa shape index (κ1) is 29.0. The quantitative estimate of drug-likeness (QED) is 0.145. The number of aliphatic carboxylic acids is 1. The molecule has 228 valence electrons. The molecule has 8 nitrogen and oxygen atoms in total. The summed E-state index contributed by atoms with van der Waals surface area (Å²) in [4.78, 5) is 34.7. The monoisotopic (exact) mass is 619 g/mol. The van der Waals surface area contributed by atoms with Gasteiger partial charge in [0, 0.05) is 42.8 Å². The average molecular weight is 620 g/mol. The summed E-state index contributed by atoms with van der Waals surface area (Å²) in [6.07, 6.45) is 14.5. The van der Waals surface area contributed by atoms with E-state index in [2.05, 4.69) is 40.1 Å². The number of nitrogens with one attached hydrogen (secondary N) is 1. The first-order valence-electron chi connectivity index (χ1n) is 15.3. The minimum atomic E-state index is -0.999. The summed E-state index contributed by atoms with van der Waals surface area (Å²) in [5.41, 5.74) is 6.56. The molecular weight excluding hydrogens is 586 g/mol. The van der Waals surface area contributed by atoms with Gasteiger partial charge in [-0.25, -0.2) is 9.78 Å². The molecule has 0 aliphatic heterocycles. The molecule has 0 bridgehead atoms. The van der Waals surface area contributed by atoms with Crippen molar-refractivity contribution in [2.75, 3.05) is 0 Å². The van der Waals surface area contributed by atoms with Crippen LogP contribution in [0.15, 0.2) is 73.0 Å². The fourth-order valence-electron chi connectivity index (χ4n) is 7.25. The van der Waals surface area contributed by atoms with Crippen LogP contribution < -0.4 is 5.32 Å². The smallest absolute Gasteiger partial charge is 0.328 e. The average Bonchev–Trinajstić information content (AvgIpc) is 3.84. The lowest BCUT2D eigenvalue weighted by atomic mass is 9.92. The molecule has 9 heteroatoms. The van der Waals surface area contributed by atoms with Crippen molar-refractivity contribution in [1.82, 2.24) is 24.4 Å². The third-order valence-electron chi connectivity index (χ3n) is 9.44. The summed E-state index contributed by atoms with van der Waals surface area (Å²) in [7, 11) is 3.99. The van der Waals surface area contributed by atoms with Crippen molar-refractivity contribution in [2.24, 2.45) is 14.1 Å². The summed E-state index contributed by atoms with van der Waals surface area (Å²) in [6.45, 7) is 0. The van der Waals surface area contributed by atoms with E-state index >= 15 is 0 Å². The molecule has 45 heavy (non-hydrogen) atoms. The SMILES string of the molecule is Cn1c(C2(NC(=O)c3ccc4c(C5CCCC5)c(-c5ccc(Cl)cn5)n(C)c4c3)CC=CC2)nc2ccc(/C=C/C(=O)O)cc21. The van der Waals surface area contributed by atoms with Gasteiger partial charge in [-0.2, -0.15) is 0 Å². The number of hydrogen-bond acceptors (Lipinski definition) is 4. The lowest BCUT2D eigenvalue weighted by molar-refractivity contribution is -0.131. The van der Waals surface area contributed by atoms with Crippen LogP contribution in [0.3, 0.4) is 0 Å². The molecule has 5 aromatic rings. The Morgan fingerprint density at radius 2 is 1.78 bits per heavy atom. The maximum Gasteiger partial charge on any atom is 0.328 e. The van der Waals surface area contributed by atoms with Gasteiger partial charge in [0.25, 0.3) is 5.91 Å². The zero-order valence-corrected chi connectivity index (χ0v) is 26.0. The first-order chi connectivity index (χ1) is 21.7. The van der Waals surface area contributed by atoms with Crippen LogP contribution >= 0.6 is 11.6 Å². The van der Waals surface area contributed by atoms with E-state index in [9.17, 15) is 9.59 Å². The van der Waals surface area contributed by atoms with Crippen LogP contribution in [-0.4, -0.2) is 36.1 Å². The molecule has 2 aliphatic rings. The second-order valence-electron chi connectivity index (χ2n) is 12.2. The summed E-state index contributed by atoms with van der Waals surface area (Å²) < 4.78 is 4.17. The third kappa shape index (κ3) is 5.13. The van der Waals surface area contributed by atoms with Crippen LogP contribution in [0.4, 0.5) is 0 Å². The number of carboxylic acids is 1. The molecule has 3 heterocycles. The molecule has 2 aliphatic carbocycles. The van der Waals surface area contributed by atoms with E-state index < -0.39 is 11.5 Å². The molecule has 1 saturated carbocycles. The van der Waals surface area contributed by atoms with E-state index in [1.807, 2.05) is 54.1 Å². The number of imidazole rings is 1. The maximum atomic E-state index is 14.0.